The Morgan fingerprint density at radius 3 is 2.71 bits per heavy atom. The zero-order chi connectivity index (χ0) is 12.6. The van der Waals surface area contributed by atoms with Crippen molar-refractivity contribution in [1.82, 2.24) is 4.90 Å². The molecule has 1 heterocycles. The Morgan fingerprint density at radius 1 is 1.47 bits per heavy atom. The predicted molar refractivity (Wildman–Crippen MR) is 68.4 cm³/mol. The molecule has 0 bridgehead atoms. The Labute approximate surface area is 109 Å². The maximum Gasteiger partial charge on any atom is 0.253 e. The van der Waals surface area contributed by atoms with E-state index in [2.05, 4.69) is 29.8 Å². The third kappa shape index (κ3) is 2.68. The van der Waals surface area contributed by atoms with Gasteiger partial charge in [-0.25, -0.2) is 4.39 Å². The molecule has 4 heteroatoms. The van der Waals surface area contributed by atoms with Crippen LogP contribution in [0.15, 0.2) is 22.7 Å². The molecule has 1 amide bonds. The smallest absolute Gasteiger partial charge is 0.253 e. The van der Waals surface area contributed by atoms with E-state index in [1.165, 1.54) is 6.07 Å². The first kappa shape index (κ1) is 12.6. The van der Waals surface area contributed by atoms with E-state index in [0.717, 1.165) is 19.5 Å². The number of hydrogen-bond donors (Lipinski definition) is 0. The first-order valence-electron chi connectivity index (χ1n) is 5.63. The van der Waals surface area contributed by atoms with E-state index in [9.17, 15) is 9.18 Å². The van der Waals surface area contributed by atoms with Crippen LogP contribution in [0.2, 0.25) is 0 Å². The van der Waals surface area contributed by atoms with Crippen LogP contribution in [-0.2, 0) is 0 Å². The summed E-state index contributed by atoms with van der Waals surface area (Å²) in [5.74, 6) is -0.476. The molecule has 1 fully saturated rings. The van der Waals surface area contributed by atoms with Gasteiger partial charge in [-0.3, -0.25) is 4.79 Å². The molecule has 0 unspecified atom stereocenters. The van der Waals surface area contributed by atoms with E-state index in [-0.39, 0.29) is 11.3 Å². The molecule has 17 heavy (non-hydrogen) atoms. The fourth-order valence-electron chi connectivity index (χ4n) is 2.10. The monoisotopic (exact) mass is 299 g/mol. The van der Waals surface area contributed by atoms with Crippen LogP contribution >= 0.6 is 15.9 Å². The number of rotatable bonds is 1. The highest BCUT2D eigenvalue weighted by molar-refractivity contribution is 9.10. The van der Waals surface area contributed by atoms with Gasteiger partial charge in [0.2, 0.25) is 0 Å². The molecule has 0 aliphatic carbocycles. The SMILES string of the molecule is CC1(C)CCN(C(=O)c2ccc(Br)c(F)c2)C1. The van der Waals surface area contributed by atoms with Crippen molar-refractivity contribution in [2.24, 2.45) is 5.41 Å². The summed E-state index contributed by atoms with van der Waals surface area (Å²) in [6.07, 6.45) is 0.998. The summed E-state index contributed by atoms with van der Waals surface area (Å²) >= 11 is 3.08. The summed E-state index contributed by atoms with van der Waals surface area (Å²) in [6, 6.07) is 4.52. The molecule has 2 nitrogen and oxygen atoms in total. The quantitative estimate of drug-likeness (QED) is 0.778. The lowest BCUT2D eigenvalue weighted by Crippen LogP contribution is -2.30. The van der Waals surface area contributed by atoms with Crippen LogP contribution in [-0.4, -0.2) is 23.9 Å². The zero-order valence-corrected chi connectivity index (χ0v) is 11.6. The van der Waals surface area contributed by atoms with E-state index in [0.29, 0.717) is 10.0 Å². The molecule has 0 saturated carbocycles. The highest BCUT2D eigenvalue weighted by atomic mass is 79.9. The molecular formula is C13H15BrFNO. The van der Waals surface area contributed by atoms with Gasteiger partial charge in [-0.1, -0.05) is 13.8 Å². The number of hydrogen-bond acceptors (Lipinski definition) is 1. The summed E-state index contributed by atoms with van der Waals surface area (Å²) < 4.78 is 13.7. The largest absolute Gasteiger partial charge is 0.338 e. The Hall–Kier alpha value is -0.900. The summed E-state index contributed by atoms with van der Waals surface area (Å²) in [7, 11) is 0. The lowest BCUT2D eigenvalue weighted by Gasteiger charge is -2.19. The van der Waals surface area contributed by atoms with E-state index < -0.39 is 5.82 Å². The van der Waals surface area contributed by atoms with Crippen molar-refractivity contribution in [1.29, 1.82) is 0 Å². The number of amides is 1. The average molecular weight is 300 g/mol. The first-order chi connectivity index (χ1) is 7.89. The van der Waals surface area contributed by atoms with Gasteiger partial charge in [0.25, 0.3) is 5.91 Å². The molecule has 0 radical (unpaired) electrons. The molecule has 0 atom stereocenters. The topological polar surface area (TPSA) is 20.3 Å². The van der Waals surface area contributed by atoms with Crippen molar-refractivity contribution in [3.63, 3.8) is 0 Å². The van der Waals surface area contributed by atoms with E-state index >= 15 is 0 Å². The van der Waals surface area contributed by atoms with Gasteiger partial charge in [0, 0.05) is 18.7 Å². The van der Waals surface area contributed by atoms with Crippen molar-refractivity contribution >= 4 is 21.8 Å². The molecule has 1 aromatic rings. The first-order valence-corrected chi connectivity index (χ1v) is 6.43. The van der Waals surface area contributed by atoms with Gasteiger partial charge in [0.05, 0.1) is 4.47 Å². The molecule has 1 aliphatic rings. The summed E-state index contributed by atoms with van der Waals surface area (Å²) in [5, 5.41) is 0. The normalized spacial score (nSPS) is 18.5. The Balaban J connectivity index is 2.18. The number of likely N-dealkylation sites (tertiary alicyclic amines) is 1. The standard InChI is InChI=1S/C13H15BrFNO/c1-13(2)5-6-16(8-13)12(17)9-3-4-10(14)11(15)7-9/h3-4,7H,5-6,8H2,1-2H3. The van der Waals surface area contributed by atoms with Gasteiger partial charge in [-0.2, -0.15) is 0 Å². The van der Waals surface area contributed by atoms with Gasteiger partial charge < -0.3 is 4.90 Å². The van der Waals surface area contributed by atoms with Gasteiger partial charge in [-0.15, -0.1) is 0 Å². The van der Waals surface area contributed by atoms with Crippen molar-refractivity contribution in [3.05, 3.63) is 34.1 Å². The second kappa shape index (κ2) is 4.41. The fourth-order valence-corrected chi connectivity index (χ4v) is 2.34. The number of benzene rings is 1. The van der Waals surface area contributed by atoms with Crippen LogP contribution in [0.5, 0.6) is 0 Å². The second-order valence-electron chi connectivity index (χ2n) is 5.27. The van der Waals surface area contributed by atoms with Crippen LogP contribution in [0.1, 0.15) is 30.6 Å². The lowest BCUT2D eigenvalue weighted by molar-refractivity contribution is 0.0778. The minimum atomic E-state index is -0.394. The Kier molecular flexibility index (Phi) is 3.25. The molecule has 1 aromatic carbocycles. The molecule has 1 aliphatic heterocycles. The van der Waals surface area contributed by atoms with Gasteiger partial charge in [0.15, 0.2) is 0 Å². The molecule has 0 aromatic heterocycles. The van der Waals surface area contributed by atoms with Crippen molar-refractivity contribution in [2.45, 2.75) is 20.3 Å². The van der Waals surface area contributed by atoms with Crippen LogP contribution in [0, 0.1) is 11.2 Å². The molecule has 0 N–H and O–H groups in total. The number of halogens is 2. The summed E-state index contributed by atoms with van der Waals surface area (Å²) in [5.41, 5.74) is 0.590. The summed E-state index contributed by atoms with van der Waals surface area (Å²) in [4.78, 5) is 13.9. The molecular weight excluding hydrogens is 285 g/mol. The third-order valence-electron chi connectivity index (χ3n) is 3.13. The Bertz CT molecular complexity index is 459. The number of carbonyl (C=O) groups excluding carboxylic acids is 1. The minimum Gasteiger partial charge on any atom is -0.338 e. The molecule has 2 rings (SSSR count). The fraction of sp³-hybridized carbons (Fsp3) is 0.462. The molecule has 1 saturated heterocycles. The average Bonchev–Trinajstić information content (AvgIpc) is 2.62. The van der Waals surface area contributed by atoms with Gasteiger partial charge in [-0.05, 0) is 46.0 Å². The predicted octanol–water partition coefficient (Wildman–Crippen LogP) is 3.46. The van der Waals surface area contributed by atoms with Crippen molar-refractivity contribution in [3.8, 4) is 0 Å². The number of nitrogens with zero attached hydrogens (tertiary/aromatic N) is 1. The van der Waals surface area contributed by atoms with Crippen LogP contribution < -0.4 is 0 Å². The number of carbonyl (C=O) groups is 1. The van der Waals surface area contributed by atoms with Crippen LogP contribution in [0.4, 0.5) is 4.39 Å². The lowest BCUT2D eigenvalue weighted by atomic mass is 9.93. The van der Waals surface area contributed by atoms with E-state index in [4.69, 9.17) is 0 Å². The highest BCUT2D eigenvalue weighted by Gasteiger charge is 2.32. The van der Waals surface area contributed by atoms with Gasteiger partial charge >= 0.3 is 0 Å². The second-order valence-corrected chi connectivity index (χ2v) is 6.12. The maximum absolute atomic E-state index is 13.4. The minimum absolute atomic E-state index is 0.0815. The zero-order valence-electron chi connectivity index (χ0n) is 9.96. The van der Waals surface area contributed by atoms with E-state index in [1.54, 1.807) is 17.0 Å². The van der Waals surface area contributed by atoms with Gasteiger partial charge in [0.1, 0.15) is 5.82 Å². The molecule has 92 valence electrons. The maximum atomic E-state index is 13.4. The van der Waals surface area contributed by atoms with E-state index in [1.807, 2.05) is 0 Å². The van der Waals surface area contributed by atoms with Crippen molar-refractivity contribution in [2.75, 3.05) is 13.1 Å². The highest BCUT2D eigenvalue weighted by Crippen LogP contribution is 2.30. The summed E-state index contributed by atoms with van der Waals surface area (Å²) in [6.45, 7) is 5.78. The van der Waals surface area contributed by atoms with Crippen molar-refractivity contribution < 1.29 is 9.18 Å². The van der Waals surface area contributed by atoms with Crippen LogP contribution in [0.25, 0.3) is 0 Å². The Morgan fingerprint density at radius 2 is 2.18 bits per heavy atom. The van der Waals surface area contributed by atoms with Crippen LogP contribution in [0.3, 0.4) is 0 Å². The third-order valence-corrected chi connectivity index (χ3v) is 3.77. The molecule has 0 spiro atoms.